The first-order valence-electron chi connectivity index (χ1n) is 5.24. The molecule has 0 bridgehead atoms. The predicted molar refractivity (Wildman–Crippen MR) is 63.7 cm³/mol. The lowest BCUT2D eigenvalue weighted by molar-refractivity contribution is -0.384. The van der Waals surface area contributed by atoms with E-state index in [1.807, 2.05) is 6.92 Å². The summed E-state index contributed by atoms with van der Waals surface area (Å²) in [6.45, 7) is 2.19. The number of benzene rings is 1. The summed E-state index contributed by atoms with van der Waals surface area (Å²) < 4.78 is 13.5. The molecule has 6 nitrogen and oxygen atoms in total. The van der Waals surface area contributed by atoms with Crippen molar-refractivity contribution in [3.05, 3.63) is 51.6 Å². The molecule has 0 unspecified atom stereocenters. The highest BCUT2D eigenvalue weighted by atomic mass is 19.1. The number of rotatable bonds is 4. The van der Waals surface area contributed by atoms with E-state index in [1.165, 1.54) is 6.07 Å². The number of nitrogens with zero attached hydrogens (tertiary/aromatic N) is 2. The number of hydrogen-bond donors (Lipinski definition) is 2. The lowest BCUT2D eigenvalue weighted by Gasteiger charge is -2.06. The molecule has 0 radical (unpaired) electrons. The van der Waals surface area contributed by atoms with Gasteiger partial charge in [0.05, 0.1) is 16.8 Å². The number of halogens is 1. The number of nitro benzene ring substituents is 1. The predicted octanol–water partition coefficient (Wildman–Crippen LogP) is 2.38. The standard InChI is InChI=1S/C11H11FN4O2/c1-7-8(6-14-15-7)5-13-11-4-9(16(17)18)2-3-10(11)12/h2-4,6,13H,5H2,1H3,(H,14,15). The molecule has 0 spiro atoms. The first kappa shape index (κ1) is 12.0. The molecule has 18 heavy (non-hydrogen) atoms. The van der Waals surface area contributed by atoms with Crippen molar-refractivity contribution in [3.8, 4) is 0 Å². The van der Waals surface area contributed by atoms with Crippen LogP contribution in [0, 0.1) is 22.9 Å². The van der Waals surface area contributed by atoms with Gasteiger partial charge in [-0.1, -0.05) is 0 Å². The fourth-order valence-electron chi connectivity index (χ4n) is 1.51. The second-order valence-corrected chi connectivity index (χ2v) is 3.80. The summed E-state index contributed by atoms with van der Waals surface area (Å²) in [5, 5.41) is 20.0. The molecule has 0 aliphatic rings. The molecule has 0 aliphatic heterocycles. The van der Waals surface area contributed by atoms with Gasteiger partial charge in [-0.15, -0.1) is 0 Å². The molecular weight excluding hydrogens is 239 g/mol. The van der Waals surface area contributed by atoms with Gasteiger partial charge >= 0.3 is 0 Å². The van der Waals surface area contributed by atoms with Crippen LogP contribution in [0.15, 0.2) is 24.4 Å². The number of non-ortho nitro benzene ring substituents is 1. The minimum Gasteiger partial charge on any atom is -0.378 e. The Bertz CT molecular complexity index is 582. The summed E-state index contributed by atoms with van der Waals surface area (Å²) in [5.74, 6) is -0.526. The Morgan fingerprint density at radius 3 is 2.94 bits per heavy atom. The van der Waals surface area contributed by atoms with Crippen molar-refractivity contribution in [2.45, 2.75) is 13.5 Å². The van der Waals surface area contributed by atoms with Gasteiger partial charge in [0.2, 0.25) is 0 Å². The topological polar surface area (TPSA) is 83.8 Å². The molecular formula is C11H11FN4O2. The molecule has 7 heteroatoms. The number of anilines is 1. The number of aromatic nitrogens is 2. The molecule has 0 fully saturated rings. The number of aryl methyl sites for hydroxylation is 1. The molecule has 2 N–H and O–H groups in total. The number of hydrogen-bond acceptors (Lipinski definition) is 4. The summed E-state index contributed by atoms with van der Waals surface area (Å²) in [6.07, 6.45) is 1.62. The van der Waals surface area contributed by atoms with E-state index in [0.29, 0.717) is 6.54 Å². The Kier molecular flexibility index (Phi) is 3.22. The zero-order valence-electron chi connectivity index (χ0n) is 9.61. The van der Waals surface area contributed by atoms with Crippen LogP contribution in [0.3, 0.4) is 0 Å². The zero-order valence-corrected chi connectivity index (χ0v) is 9.61. The normalized spacial score (nSPS) is 10.3. The number of nitrogens with one attached hydrogen (secondary N) is 2. The van der Waals surface area contributed by atoms with Crippen LogP contribution >= 0.6 is 0 Å². The first-order valence-corrected chi connectivity index (χ1v) is 5.24. The van der Waals surface area contributed by atoms with Crippen molar-refractivity contribution >= 4 is 11.4 Å². The van der Waals surface area contributed by atoms with Gasteiger partial charge in [-0.05, 0) is 13.0 Å². The van der Waals surface area contributed by atoms with E-state index >= 15 is 0 Å². The first-order chi connectivity index (χ1) is 8.58. The highest BCUT2D eigenvalue weighted by Crippen LogP contribution is 2.21. The van der Waals surface area contributed by atoms with E-state index in [-0.39, 0.29) is 11.4 Å². The Morgan fingerprint density at radius 1 is 1.56 bits per heavy atom. The Balaban J connectivity index is 2.16. The van der Waals surface area contributed by atoms with Gasteiger partial charge in [-0.2, -0.15) is 5.10 Å². The zero-order chi connectivity index (χ0) is 13.1. The SMILES string of the molecule is Cc1[nH]ncc1CNc1cc([N+](=O)[O-])ccc1F. The maximum atomic E-state index is 13.5. The minimum absolute atomic E-state index is 0.102. The van der Waals surface area contributed by atoms with E-state index in [4.69, 9.17) is 0 Å². The van der Waals surface area contributed by atoms with E-state index < -0.39 is 10.7 Å². The van der Waals surface area contributed by atoms with Crippen molar-refractivity contribution in [2.75, 3.05) is 5.32 Å². The number of nitro groups is 1. The third-order valence-corrected chi connectivity index (χ3v) is 2.56. The fraction of sp³-hybridized carbons (Fsp3) is 0.182. The second kappa shape index (κ2) is 4.82. The van der Waals surface area contributed by atoms with E-state index in [9.17, 15) is 14.5 Å². The molecule has 1 heterocycles. The largest absolute Gasteiger partial charge is 0.378 e. The van der Waals surface area contributed by atoms with Crippen molar-refractivity contribution in [3.63, 3.8) is 0 Å². The van der Waals surface area contributed by atoms with Gasteiger partial charge in [0, 0.05) is 29.9 Å². The molecule has 2 aromatic rings. The molecule has 1 aromatic heterocycles. The lowest BCUT2D eigenvalue weighted by atomic mass is 10.2. The Morgan fingerprint density at radius 2 is 2.33 bits per heavy atom. The van der Waals surface area contributed by atoms with Crippen LogP contribution in [-0.2, 0) is 6.54 Å². The third kappa shape index (κ3) is 2.45. The summed E-state index contributed by atoms with van der Waals surface area (Å²) in [5.41, 5.74) is 1.70. The van der Waals surface area contributed by atoms with Crippen molar-refractivity contribution in [2.24, 2.45) is 0 Å². The van der Waals surface area contributed by atoms with Crippen molar-refractivity contribution in [1.82, 2.24) is 10.2 Å². The molecule has 0 saturated heterocycles. The van der Waals surface area contributed by atoms with Crippen molar-refractivity contribution in [1.29, 1.82) is 0 Å². The fourth-order valence-corrected chi connectivity index (χ4v) is 1.51. The monoisotopic (exact) mass is 250 g/mol. The molecule has 0 atom stereocenters. The van der Waals surface area contributed by atoms with Crippen LogP contribution in [0.4, 0.5) is 15.8 Å². The molecule has 2 rings (SSSR count). The van der Waals surface area contributed by atoms with Crippen LogP contribution in [0.1, 0.15) is 11.3 Å². The average Bonchev–Trinajstić information content (AvgIpc) is 2.73. The summed E-state index contributed by atoms with van der Waals surface area (Å²) >= 11 is 0. The minimum atomic E-state index is -0.562. The quantitative estimate of drug-likeness (QED) is 0.644. The second-order valence-electron chi connectivity index (χ2n) is 3.80. The van der Waals surface area contributed by atoms with Gasteiger partial charge in [0.15, 0.2) is 0 Å². The molecule has 1 aromatic carbocycles. The van der Waals surface area contributed by atoms with Crippen molar-refractivity contribution < 1.29 is 9.31 Å². The van der Waals surface area contributed by atoms with Crippen LogP contribution in [-0.4, -0.2) is 15.1 Å². The Hall–Kier alpha value is -2.44. The highest BCUT2D eigenvalue weighted by Gasteiger charge is 2.11. The van der Waals surface area contributed by atoms with E-state index in [0.717, 1.165) is 23.4 Å². The summed E-state index contributed by atoms with van der Waals surface area (Å²) in [4.78, 5) is 10.0. The van der Waals surface area contributed by atoms with Crippen LogP contribution in [0.5, 0.6) is 0 Å². The van der Waals surface area contributed by atoms with Gasteiger partial charge in [0.25, 0.3) is 5.69 Å². The van der Waals surface area contributed by atoms with Crippen LogP contribution in [0.2, 0.25) is 0 Å². The van der Waals surface area contributed by atoms with E-state index in [2.05, 4.69) is 15.5 Å². The van der Waals surface area contributed by atoms with E-state index in [1.54, 1.807) is 6.20 Å². The number of H-pyrrole nitrogens is 1. The smallest absolute Gasteiger partial charge is 0.271 e. The number of aromatic amines is 1. The third-order valence-electron chi connectivity index (χ3n) is 2.56. The van der Waals surface area contributed by atoms with Gasteiger partial charge in [-0.3, -0.25) is 15.2 Å². The maximum Gasteiger partial charge on any atom is 0.271 e. The highest BCUT2D eigenvalue weighted by molar-refractivity contribution is 5.52. The summed E-state index contributed by atoms with van der Waals surface area (Å²) in [6, 6.07) is 3.37. The Labute approximate surface area is 102 Å². The molecule has 94 valence electrons. The molecule has 0 saturated carbocycles. The molecule has 0 amide bonds. The molecule has 0 aliphatic carbocycles. The van der Waals surface area contributed by atoms with Crippen LogP contribution < -0.4 is 5.32 Å². The average molecular weight is 250 g/mol. The van der Waals surface area contributed by atoms with Gasteiger partial charge in [-0.25, -0.2) is 4.39 Å². The van der Waals surface area contributed by atoms with Crippen LogP contribution in [0.25, 0.3) is 0 Å². The van der Waals surface area contributed by atoms with Gasteiger partial charge < -0.3 is 5.32 Å². The summed E-state index contributed by atoms with van der Waals surface area (Å²) in [7, 11) is 0. The lowest BCUT2D eigenvalue weighted by Crippen LogP contribution is -2.02. The maximum absolute atomic E-state index is 13.5. The van der Waals surface area contributed by atoms with Gasteiger partial charge in [0.1, 0.15) is 5.82 Å².